The summed E-state index contributed by atoms with van der Waals surface area (Å²) in [7, 11) is 3.44. The highest BCUT2D eigenvalue weighted by Gasteiger charge is 2.19. The van der Waals surface area contributed by atoms with E-state index in [1.165, 1.54) is 25.7 Å². The number of hydrogen-bond donors (Lipinski definition) is 2. The van der Waals surface area contributed by atoms with Crippen LogP contribution in [0.25, 0.3) is 0 Å². The molecule has 1 fully saturated rings. The summed E-state index contributed by atoms with van der Waals surface area (Å²) in [5.41, 5.74) is 0. The molecule has 0 aromatic heterocycles. The quantitative estimate of drug-likeness (QED) is 0.614. The molecular weight excluding hydrogens is 228 g/mol. The van der Waals surface area contributed by atoms with Crippen molar-refractivity contribution in [3.8, 4) is 0 Å². The highest BCUT2D eigenvalue weighted by atomic mass is 16.5. The molecule has 0 saturated heterocycles. The van der Waals surface area contributed by atoms with E-state index in [0.717, 1.165) is 31.6 Å². The third-order valence-corrected chi connectivity index (χ3v) is 3.88. The maximum Gasteiger partial charge on any atom is 0.0928 e. The summed E-state index contributed by atoms with van der Waals surface area (Å²) in [6, 6.07) is 0.720. The van der Waals surface area contributed by atoms with Gasteiger partial charge >= 0.3 is 0 Å². The molecule has 0 radical (unpaired) electrons. The third-order valence-electron chi connectivity index (χ3n) is 3.88. The Hall–Kier alpha value is -0.160. The minimum atomic E-state index is 0.156. The lowest BCUT2D eigenvalue weighted by molar-refractivity contribution is 0.0291. The van der Waals surface area contributed by atoms with Gasteiger partial charge in [-0.15, -0.1) is 0 Å². The number of hydrogen-bond acceptors (Lipinski definition) is 4. The number of methoxy groups -OCH3 is 2. The zero-order valence-corrected chi connectivity index (χ0v) is 12.2. The Bertz CT molecular complexity index is 202. The Morgan fingerprint density at radius 1 is 1.17 bits per heavy atom. The second-order valence-corrected chi connectivity index (χ2v) is 5.34. The summed E-state index contributed by atoms with van der Waals surface area (Å²) in [6.07, 6.45) is 5.67. The van der Waals surface area contributed by atoms with Crippen molar-refractivity contribution in [2.24, 2.45) is 5.92 Å². The molecule has 0 bridgehead atoms. The standard InChI is InChI=1S/C14H30N2O2/c1-12-6-4-5-7-14(12)16-9-8-15-10-13(18-3)11-17-2/h12-16H,4-11H2,1-3H3. The molecule has 4 nitrogen and oxygen atoms in total. The van der Waals surface area contributed by atoms with Crippen molar-refractivity contribution < 1.29 is 9.47 Å². The summed E-state index contributed by atoms with van der Waals surface area (Å²) in [5.74, 6) is 0.832. The van der Waals surface area contributed by atoms with Crippen molar-refractivity contribution in [2.45, 2.75) is 44.8 Å². The molecule has 3 atom stereocenters. The zero-order valence-electron chi connectivity index (χ0n) is 12.2. The molecule has 108 valence electrons. The van der Waals surface area contributed by atoms with Crippen molar-refractivity contribution in [1.82, 2.24) is 10.6 Å². The van der Waals surface area contributed by atoms with Crippen LogP contribution in [0.1, 0.15) is 32.6 Å². The van der Waals surface area contributed by atoms with Crippen LogP contribution in [0, 0.1) is 5.92 Å². The first kappa shape index (κ1) is 15.9. The average molecular weight is 258 g/mol. The van der Waals surface area contributed by atoms with Gasteiger partial charge < -0.3 is 20.1 Å². The van der Waals surface area contributed by atoms with E-state index in [9.17, 15) is 0 Å². The van der Waals surface area contributed by atoms with Crippen LogP contribution in [0.5, 0.6) is 0 Å². The van der Waals surface area contributed by atoms with Gasteiger partial charge in [-0.2, -0.15) is 0 Å². The fraction of sp³-hybridized carbons (Fsp3) is 1.00. The number of ether oxygens (including phenoxy) is 2. The molecule has 0 aromatic carbocycles. The molecule has 0 spiro atoms. The van der Waals surface area contributed by atoms with Gasteiger partial charge in [-0.1, -0.05) is 19.8 Å². The molecule has 1 aliphatic carbocycles. The second kappa shape index (κ2) is 9.73. The van der Waals surface area contributed by atoms with Crippen LogP contribution < -0.4 is 10.6 Å². The van der Waals surface area contributed by atoms with Crippen LogP contribution in [0.4, 0.5) is 0 Å². The molecule has 18 heavy (non-hydrogen) atoms. The summed E-state index contributed by atoms with van der Waals surface area (Å²) in [4.78, 5) is 0. The average Bonchev–Trinajstić information content (AvgIpc) is 2.39. The molecule has 1 aliphatic rings. The maximum atomic E-state index is 5.30. The van der Waals surface area contributed by atoms with Gasteiger partial charge in [0.25, 0.3) is 0 Å². The summed E-state index contributed by atoms with van der Waals surface area (Å²) in [5, 5.41) is 7.07. The van der Waals surface area contributed by atoms with Crippen molar-refractivity contribution in [3.63, 3.8) is 0 Å². The van der Waals surface area contributed by atoms with E-state index in [1.54, 1.807) is 14.2 Å². The highest BCUT2D eigenvalue weighted by Crippen LogP contribution is 2.23. The Balaban J connectivity index is 2.00. The monoisotopic (exact) mass is 258 g/mol. The van der Waals surface area contributed by atoms with Crippen LogP contribution in [0.3, 0.4) is 0 Å². The molecule has 1 rings (SSSR count). The minimum Gasteiger partial charge on any atom is -0.382 e. The fourth-order valence-corrected chi connectivity index (χ4v) is 2.62. The van der Waals surface area contributed by atoms with Crippen molar-refractivity contribution >= 4 is 0 Å². The smallest absolute Gasteiger partial charge is 0.0928 e. The minimum absolute atomic E-state index is 0.156. The Morgan fingerprint density at radius 3 is 2.61 bits per heavy atom. The van der Waals surface area contributed by atoms with Gasteiger partial charge in [0.2, 0.25) is 0 Å². The maximum absolute atomic E-state index is 5.30. The van der Waals surface area contributed by atoms with E-state index in [2.05, 4.69) is 17.6 Å². The van der Waals surface area contributed by atoms with E-state index in [4.69, 9.17) is 9.47 Å². The molecule has 0 amide bonds. The highest BCUT2D eigenvalue weighted by molar-refractivity contribution is 4.78. The topological polar surface area (TPSA) is 42.5 Å². The van der Waals surface area contributed by atoms with Crippen LogP contribution in [0.2, 0.25) is 0 Å². The zero-order chi connectivity index (χ0) is 13.2. The first-order valence-corrected chi connectivity index (χ1v) is 7.23. The summed E-state index contributed by atoms with van der Waals surface area (Å²) in [6.45, 7) is 5.90. The lowest BCUT2D eigenvalue weighted by Crippen LogP contribution is -2.42. The van der Waals surface area contributed by atoms with E-state index >= 15 is 0 Å². The van der Waals surface area contributed by atoms with Gasteiger partial charge in [-0.25, -0.2) is 0 Å². The molecule has 0 aliphatic heterocycles. The van der Waals surface area contributed by atoms with Gasteiger partial charge in [0, 0.05) is 39.9 Å². The van der Waals surface area contributed by atoms with Gasteiger partial charge in [0.1, 0.15) is 0 Å². The number of nitrogens with one attached hydrogen (secondary N) is 2. The van der Waals surface area contributed by atoms with Gasteiger partial charge in [0.05, 0.1) is 12.7 Å². The number of rotatable bonds is 9. The summed E-state index contributed by atoms with van der Waals surface area (Å²) >= 11 is 0. The lowest BCUT2D eigenvalue weighted by Gasteiger charge is -2.29. The van der Waals surface area contributed by atoms with Crippen LogP contribution in [-0.2, 0) is 9.47 Å². The third kappa shape index (κ3) is 6.14. The Kier molecular flexibility index (Phi) is 8.59. The van der Waals surface area contributed by atoms with Gasteiger partial charge in [-0.05, 0) is 18.8 Å². The molecule has 3 unspecified atom stereocenters. The first-order chi connectivity index (χ1) is 8.77. The fourth-order valence-electron chi connectivity index (χ4n) is 2.62. The van der Waals surface area contributed by atoms with Crippen molar-refractivity contribution in [2.75, 3.05) is 40.5 Å². The Labute approximate surface area is 112 Å². The van der Waals surface area contributed by atoms with Gasteiger partial charge in [-0.3, -0.25) is 0 Å². The molecule has 4 heteroatoms. The van der Waals surface area contributed by atoms with Crippen LogP contribution >= 0.6 is 0 Å². The predicted molar refractivity (Wildman–Crippen MR) is 75.0 cm³/mol. The van der Waals surface area contributed by atoms with E-state index in [0.29, 0.717) is 6.61 Å². The van der Waals surface area contributed by atoms with Crippen LogP contribution in [-0.4, -0.2) is 52.6 Å². The molecule has 0 aromatic rings. The normalized spacial score (nSPS) is 26.2. The molecule has 2 N–H and O–H groups in total. The van der Waals surface area contributed by atoms with E-state index in [-0.39, 0.29) is 6.10 Å². The predicted octanol–water partition coefficient (Wildman–Crippen LogP) is 1.41. The van der Waals surface area contributed by atoms with Crippen molar-refractivity contribution in [1.29, 1.82) is 0 Å². The second-order valence-electron chi connectivity index (χ2n) is 5.34. The van der Waals surface area contributed by atoms with Crippen molar-refractivity contribution in [3.05, 3.63) is 0 Å². The molecule has 1 saturated carbocycles. The molecular formula is C14H30N2O2. The summed E-state index contributed by atoms with van der Waals surface area (Å²) < 4.78 is 10.4. The first-order valence-electron chi connectivity index (χ1n) is 7.23. The van der Waals surface area contributed by atoms with Crippen LogP contribution in [0.15, 0.2) is 0 Å². The largest absolute Gasteiger partial charge is 0.382 e. The molecule has 0 heterocycles. The Morgan fingerprint density at radius 2 is 1.94 bits per heavy atom. The lowest BCUT2D eigenvalue weighted by atomic mass is 9.86. The van der Waals surface area contributed by atoms with Gasteiger partial charge in [0.15, 0.2) is 0 Å². The SMILES string of the molecule is COCC(CNCCNC1CCCCC1C)OC. The van der Waals surface area contributed by atoms with E-state index in [1.807, 2.05) is 0 Å². The van der Waals surface area contributed by atoms with E-state index < -0.39 is 0 Å².